The van der Waals surface area contributed by atoms with Crippen molar-refractivity contribution in [3.8, 4) is 6.07 Å². The normalized spacial score (nSPS) is 15.1. The molecule has 4 rings (SSSR count). The van der Waals surface area contributed by atoms with Gasteiger partial charge in [-0.25, -0.2) is 23.2 Å². The van der Waals surface area contributed by atoms with Gasteiger partial charge in [0.25, 0.3) is 0 Å². The second-order valence-electron chi connectivity index (χ2n) is 7.49. The van der Waals surface area contributed by atoms with E-state index in [0.29, 0.717) is 42.9 Å². The highest BCUT2D eigenvalue weighted by atomic mass is 32.2. The van der Waals surface area contributed by atoms with E-state index in [1.165, 1.54) is 16.4 Å². The fraction of sp³-hybridized carbons (Fsp3) is 0.304. The van der Waals surface area contributed by atoms with E-state index >= 15 is 0 Å². The van der Waals surface area contributed by atoms with Crippen molar-refractivity contribution < 1.29 is 17.9 Å². The van der Waals surface area contributed by atoms with Crippen LogP contribution in [0.25, 0.3) is 11.0 Å². The molecule has 10 heteroatoms. The maximum atomic E-state index is 13.2. The van der Waals surface area contributed by atoms with Crippen LogP contribution in [-0.2, 0) is 14.8 Å². The van der Waals surface area contributed by atoms with Gasteiger partial charge in [0.05, 0.1) is 34.2 Å². The number of hydrogen-bond acceptors (Lipinski definition) is 8. The van der Waals surface area contributed by atoms with E-state index in [4.69, 9.17) is 10.00 Å². The largest absolute Gasteiger partial charge is 0.461 e. The molecular weight excluding hydrogens is 442 g/mol. The second kappa shape index (κ2) is 9.52. The van der Waals surface area contributed by atoms with E-state index in [1.807, 2.05) is 29.2 Å². The maximum absolute atomic E-state index is 13.2. The van der Waals surface area contributed by atoms with Crippen LogP contribution in [0.3, 0.4) is 0 Å². The molecule has 1 saturated heterocycles. The maximum Gasteiger partial charge on any atom is 0.360 e. The van der Waals surface area contributed by atoms with Gasteiger partial charge in [0.15, 0.2) is 11.5 Å². The molecule has 170 valence electrons. The number of para-hydroxylation sites is 2. The van der Waals surface area contributed by atoms with Gasteiger partial charge >= 0.3 is 5.97 Å². The summed E-state index contributed by atoms with van der Waals surface area (Å²) < 4.78 is 33.0. The van der Waals surface area contributed by atoms with Crippen LogP contribution in [0.15, 0.2) is 53.4 Å². The van der Waals surface area contributed by atoms with Crippen molar-refractivity contribution in [3.05, 3.63) is 59.8 Å². The third-order valence-corrected chi connectivity index (χ3v) is 7.27. The molecule has 0 N–H and O–H groups in total. The number of nitriles is 1. The topological polar surface area (TPSA) is 116 Å². The molecule has 0 spiro atoms. The summed E-state index contributed by atoms with van der Waals surface area (Å²) in [5, 5.41) is 9.11. The average molecular weight is 466 g/mol. The number of hydrogen-bond donors (Lipinski definition) is 0. The Balaban J connectivity index is 1.64. The monoisotopic (exact) mass is 465 g/mol. The van der Waals surface area contributed by atoms with E-state index in [1.54, 1.807) is 25.1 Å². The van der Waals surface area contributed by atoms with Crippen LogP contribution in [0.5, 0.6) is 0 Å². The number of benzene rings is 2. The molecule has 0 radical (unpaired) electrons. The van der Waals surface area contributed by atoms with Gasteiger partial charge in [-0.2, -0.15) is 9.57 Å². The number of sulfonamides is 1. The summed E-state index contributed by atoms with van der Waals surface area (Å²) in [7, 11) is -3.77. The molecule has 1 aromatic heterocycles. The van der Waals surface area contributed by atoms with E-state index < -0.39 is 16.0 Å². The van der Waals surface area contributed by atoms with E-state index in [-0.39, 0.29) is 29.3 Å². The van der Waals surface area contributed by atoms with Crippen molar-refractivity contribution >= 4 is 32.8 Å². The van der Waals surface area contributed by atoms with Crippen molar-refractivity contribution in [2.24, 2.45) is 0 Å². The highest BCUT2D eigenvalue weighted by Crippen LogP contribution is 2.25. The van der Waals surface area contributed by atoms with Gasteiger partial charge in [0, 0.05) is 26.2 Å². The number of ether oxygens (including phenoxy) is 1. The fourth-order valence-electron chi connectivity index (χ4n) is 3.77. The number of nitrogens with zero attached hydrogens (tertiary/aromatic N) is 5. The number of carbonyl (C=O) groups excluding carboxylic acids is 1. The molecule has 1 aliphatic rings. The fourth-order valence-corrected chi connectivity index (χ4v) is 5.28. The van der Waals surface area contributed by atoms with Crippen LogP contribution in [0.2, 0.25) is 0 Å². The number of anilines is 1. The highest BCUT2D eigenvalue weighted by molar-refractivity contribution is 7.89. The second-order valence-corrected chi connectivity index (χ2v) is 9.43. The minimum Gasteiger partial charge on any atom is -0.461 e. The summed E-state index contributed by atoms with van der Waals surface area (Å²) >= 11 is 0. The molecule has 0 bridgehead atoms. The quantitative estimate of drug-likeness (QED) is 0.528. The molecule has 0 saturated carbocycles. The Hall–Kier alpha value is -3.55. The molecule has 1 aliphatic heterocycles. The zero-order valence-corrected chi connectivity index (χ0v) is 19.0. The molecule has 9 nitrogen and oxygen atoms in total. The first kappa shape index (κ1) is 22.6. The van der Waals surface area contributed by atoms with Crippen molar-refractivity contribution in [1.29, 1.82) is 5.26 Å². The van der Waals surface area contributed by atoms with Crippen LogP contribution >= 0.6 is 0 Å². The smallest absolute Gasteiger partial charge is 0.360 e. The summed E-state index contributed by atoms with van der Waals surface area (Å²) in [4.78, 5) is 23.8. The first-order valence-electron chi connectivity index (χ1n) is 10.6. The van der Waals surface area contributed by atoms with Crippen LogP contribution in [0, 0.1) is 11.3 Å². The van der Waals surface area contributed by atoms with Gasteiger partial charge in [-0.05, 0) is 43.7 Å². The zero-order chi connectivity index (χ0) is 23.4. The van der Waals surface area contributed by atoms with E-state index in [9.17, 15) is 13.2 Å². The summed E-state index contributed by atoms with van der Waals surface area (Å²) in [5.74, 6) is -0.175. The summed E-state index contributed by atoms with van der Waals surface area (Å²) in [6, 6.07) is 15.2. The lowest BCUT2D eigenvalue weighted by molar-refractivity contribution is 0.0520. The molecule has 0 atom stereocenters. The van der Waals surface area contributed by atoms with Crippen LogP contribution < -0.4 is 4.90 Å². The minimum atomic E-state index is -3.77. The standard InChI is InChI=1S/C23H23N5O4S/c1-2-32-23(29)21-22(26-20-10-4-3-9-19(20)25-21)27-11-6-12-28(14-13-27)33(30,31)18-8-5-7-17(15-18)16-24/h3-5,7-10,15H,2,6,11-14H2,1H3. The lowest BCUT2D eigenvalue weighted by Crippen LogP contribution is -2.36. The summed E-state index contributed by atoms with van der Waals surface area (Å²) in [5.41, 5.74) is 1.63. The SMILES string of the molecule is CCOC(=O)c1nc2ccccc2nc1N1CCCN(S(=O)(=O)c2cccc(C#N)c2)CC1. The lowest BCUT2D eigenvalue weighted by atomic mass is 10.2. The van der Waals surface area contributed by atoms with Crippen molar-refractivity contribution in [2.75, 3.05) is 37.7 Å². The molecule has 1 fully saturated rings. The number of fused-ring (bicyclic) bond motifs is 1. The Labute approximate surface area is 192 Å². The van der Waals surface area contributed by atoms with Crippen LogP contribution in [-0.4, -0.2) is 61.4 Å². The minimum absolute atomic E-state index is 0.0905. The van der Waals surface area contributed by atoms with Crippen LogP contribution in [0.4, 0.5) is 5.82 Å². The van der Waals surface area contributed by atoms with Crippen LogP contribution in [0.1, 0.15) is 29.4 Å². The van der Waals surface area contributed by atoms with Gasteiger partial charge < -0.3 is 9.64 Å². The van der Waals surface area contributed by atoms with Gasteiger partial charge in [0.2, 0.25) is 10.0 Å². The number of rotatable bonds is 5. The van der Waals surface area contributed by atoms with E-state index in [0.717, 1.165) is 0 Å². The average Bonchev–Trinajstić information content (AvgIpc) is 3.10. The van der Waals surface area contributed by atoms with Crippen molar-refractivity contribution in [3.63, 3.8) is 0 Å². The number of aromatic nitrogens is 2. The summed E-state index contributed by atoms with van der Waals surface area (Å²) in [6.07, 6.45) is 0.536. The first-order chi connectivity index (χ1) is 15.9. The Morgan fingerprint density at radius 3 is 2.55 bits per heavy atom. The highest BCUT2D eigenvalue weighted by Gasteiger charge is 2.29. The van der Waals surface area contributed by atoms with Gasteiger partial charge in [-0.3, -0.25) is 0 Å². The molecule has 0 amide bonds. The van der Waals surface area contributed by atoms with Gasteiger partial charge in [-0.1, -0.05) is 18.2 Å². The molecule has 33 heavy (non-hydrogen) atoms. The van der Waals surface area contributed by atoms with Gasteiger partial charge in [-0.15, -0.1) is 0 Å². The Bertz CT molecular complexity index is 1340. The molecule has 3 aromatic rings. The Morgan fingerprint density at radius 2 is 1.82 bits per heavy atom. The van der Waals surface area contributed by atoms with Crippen molar-refractivity contribution in [1.82, 2.24) is 14.3 Å². The molecular formula is C23H23N5O4S. The predicted octanol–water partition coefficient (Wildman–Crippen LogP) is 2.58. The third kappa shape index (κ3) is 4.65. The number of carbonyl (C=O) groups is 1. The molecule has 2 heterocycles. The number of esters is 1. The first-order valence-corrected chi connectivity index (χ1v) is 12.1. The molecule has 0 aliphatic carbocycles. The third-order valence-electron chi connectivity index (χ3n) is 5.38. The Kier molecular flexibility index (Phi) is 6.53. The summed E-state index contributed by atoms with van der Waals surface area (Å²) in [6.45, 7) is 3.28. The zero-order valence-electron chi connectivity index (χ0n) is 18.1. The Morgan fingerprint density at radius 1 is 1.06 bits per heavy atom. The van der Waals surface area contributed by atoms with E-state index in [2.05, 4.69) is 9.97 Å². The predicted molar refractivity (Wildman–Crippen MR) is 122 cm³/mol. The lowest BCUT2D eigenvalue weighted by Gasteiger charge is -2.24. The van der Waals surface area contributed by atoms with Crippen molar-refractivity contribution in [2.45, 2.75) is 18.2 Å². The molecule has 0 unspecified atom stereocenters. The molecule has 2 aromatic carbocycles. The van der Waals surface area contributed by atoms with Gasteiger partial charge in [0.1, 0.15) is 0 Å².